The molecule has 0 unspecified atom stereocenters. The molecule has 2 aromatic carbocycles. The lowest BCUT2D eigenvalue weighted by atomic mass is 9.96. The van der Waals surface area contributed by atoms with Crippen LogP contribution in [0.3, 0.4) is 0 Å². The second kappa shape index (κ2) is 11.4. The molecule has 7 nitrogen and oxygen atoms in total. The van der Waals surface area contributed by atoms with Crippen LogP contribution in [0.5, 0.6) is 17.2 Å². The van der Waals surface area contributed by atoms with Crippen LogP contribution in [0, 0.1) is 6.92 Å². The zero-order valence-corrected chi connectivity index (χ0v) is 20.2. The molecule has 1 aromatic heterocycles. The molecule has 0 radical (unpaired) electrons. The number of hydrogen-bond acceptors (Lipinski definition) is 6. The number of aryl methyl sites for hydroxylation is 1. The Morgan fingerprint density at radius 2 is 1.88 bits per heavy atom. The summed E-state index contributed by atoms with van der Waals surface area (Å²) in [5.74, 6) is 2.28. The number of likely N-dealkylation sites (tertiary alicyclic amines) is 1. The fourth-order valence-corrected chi connectivity index (χ4v) is 4.26. The first kappa shape index (κ1) is 24.1. The number of hydrogen-bond donors (Lipinski definition) is 1. The molecule has 0 bridgehead atoms. The van der Waals surface area contributed by atoms with Crippen LogP contribution < -0.4 is 14.2 Å². The first-order valence-electron chi connectivity index (χ1n) is 11.9. The van der Waals surface area contributed by atoms with Gasteiger partial charge >= 0.3 is 0 Å². The molecule has 7 heteroatoms. The van der Waals surface area contributed by atoms with Crippen LogP contribution in [0.1, 0.15) is 30.4 Å². The maximum Gasteiger partial charge on any atom is 0.161 e. The van der Waals surface area contributed by atoms with Gasteiger partial charge in [-0.3, -0.25) is 4.90 Å². The van der Waals surface area contributed by atoms with Crippen molar-refractivity contribution >= 4 is 0 Å². The Kier molecular flexibility index (Phi) is 8.08. The van der Waals surface area contributed by atoms with Crippen molar-refractivity contribution in [1.29, 1.82) is 0 Å². The average Bonchev–Trinajstić information content (AvgIpc) is 3.29. The van der Waals surface area contributed by atoms with Crippen LogP contribution in [0.4, 0.5) is 0 Å². The molecule has 1 fully saturated rings. The van der Waals surface area contributed by atoms with Crippen LogP contribution in [0.25, 0.3) is 0 Å². The summed E-state index contributed by atoms with van der Waals surface area (Å²) in [4.78, 5) is 6.45. The standard InChI is InChI=1S/C27H35N3O4/c1-22-4-7-24(8-5-22)34-20-27(31)10-3-13-29(14-11-27)19-23-6-9-25(32-2)26(18-23)33-17-16-30-15-12-28-21-30/h4-9,12,15,18,21,31H,3,10-11,13-14,16-17,19-20H2,1-2H3/t27-/m1/s1. The Morgan fingerprint density at radius 1 is 1.03 bits per heavy atom. The lowest BCUT2D eigenvalue weighted by Crippen LogP contribution is -2.37. The van der Waals surface area contributed by atoms with E-state index in [1.54, 1.807) is 19.6 Å². The quantitative estimate of drug-likeness (QED) is 0.487. The van der Waals surface area contributed by atoms with E-state index in [4.69, 9.17) is 14.2 Å². The van der Waals surface area contributed by atoms with Crippen molar-refractivity contribution in [3.63, 3.8) is 0 Å². The Bertz CT molecular complexity index is 1020. The number of benzene rings is 2. The molecule has 1 N–H and O–H groups in total. The van der Waals surface area contributed by atoms with E-state index in [-0.39, 0.29) is 0 Å². The van der Waals surface area contributed by atoms with E-state index in [9.17, 15) is 5.11 Å². The largest absolute Gasteiger partial charge is 0.493 e. The summed E-state index contributed by atoms with van der Waals surface area (Å²) in [5, 5.41) is 11.1. The second-order valence-corrected chi connectivity index (χ2v) is 9.09. The molecule has 0 amide bonds. The van der Waals surface area contributed by atoms with E-state index >= 15 is 0 Å². The number of nitrogens with zero attached hydrogens (tertiary/aromatic N) is 3. The van der Waals surface area contributed by atoms with Gasteiger partial charge in [0.2, 0.25) is 0 Å². The summed E-state index contributed by atoms with van der Waals surface area (Å²) in [5.41, 5.74) is 1.56. The third kappa shape index (κ3) is 6.74. The third-order valence-corrected chi connectivity index (χ3v) is 6.34. The smallest absolute Gasteiger partial charge is 0.161 e. The van der Waals surface area contributed by atoms with Gasteiger partial charge in [-0.25, -0.2) is 4.98 Å². The number of methoxy groups -OCH3 is 1. The van der Waals surface area contributed by atoms with Gasteiger partial charge in [-0.05, 0) is 62.6 Å². The van der Waals surface area contributed by atoms with Crippen molar-refractivity contribution in [2.75, 3.05) is 33.4 Å². The molecule has 1 saturated heterocycles. The third-order valence-electron chi connectivity index (χ3n) is 6.34. The normalized spacial score (nSPS) is 18.9. The highest BCUT2D eigenvalue weighted by Gasteiger charge is 2.31. The number of aliphatic hydroxyl groups is 1. The lowest BCUT2D eigenvalue weighted by Gasteiger charge is -2.27. The topological polar surface area (TPSA) is 69.0 Å². The Balaban J connectivity index is 1.31. The summed E-state index contributed by atoms with van der Waals surface area (Å²) >= 11 is 0. The highest BCUT2D eigenvalue weighted by Crippen LogP contribution is 2.30. The van der Waals surface area contributed by atoms with Gasteiger partial charge < -0.3 is 23.9 Å². The van der Waals surface area contributed by atoms with Crippen molar-refractivity contribution in [3.8, 4) is 17.2 Å². The number of ether oxygens (including phenoxy) is 3. The molecule has 1 aliphatic rings. The molecule has 1 atom stereocenters. The van der Waals surface area contributed by atoms with Gasteiger partial charge in [0, 0.05) is 25.5 Å². The zero-order chi connectivity index (χ0) is 23.8. The fraction of sp³-hybridized carbons (Fsp3) is 0.444. The maximum atomic E-state index is 11.1. The van der Waals surface area contributed by atoms with E-state index in [0.29, 0.717) is 19.6 Å². The van der Waals surface area contributed by atoms with Crippen molar-refractivity contribution in [2.45, 2.75) is 44.9 Å². The maximum absolute atomic E-state index is 11.1. The average molecular weight is 466 g/mol. The van der Waals surface area contributed by atoms with Gasteiger partial charge in [-0.2, -0.15) is 0 Å². The van der Waals surface area contributed by atoms with E-state index < -0.39 is 5.60 Å². The molecular formula is C27H35N3O4. The molecule has 182 valence electrons. The van der Waals surface area contributed by atoms with Gasteiger partial charge in [0.15, 0.2) is 11.5 Å². The molecule has 0 aliphatic carbocycles. The lowest BCUT2D eigenvalue weighted by molar-refractivity contribution is -0.0168. The van der Waals surface area contributed by atoms with Gasteiger partial charge in [-0.1, -0.05) is 23.8 Å². The molecule has 4 rings (SSSR count). The Labute approximate surface area is 201 Å². The van der Waals surface area contributed by atoms with Crippen LogP contribution in [0.15, 0.2) is 61.2 Å². The zero-order valence-electron chi connectivity index (χ0n) is 20.2. The van der Waals surface area contributed by atoms with Gasteiger partial charge in [0.1, 0.15) is 19.0 Å². The second-order valence-electron chi connectivity index (χ2n) is 9.09. The van der Waals surface area contributed by atoms with Crippen LogP contribution in [0.2, 0.25) is 0 Å². The van der Waals surface area contributed by atoms with E-state index in [1.165, 1.54) is 11.1 Å². The monoisotopic (exact) mass is 465 g/mol. The summed E-state index contributed by atoms with van der Waals surface area (Å²) in [6.07, 6.45) is 7.81. The minimum Gasteiger partial charge on any atom is -0.493 e. The van der Waals surface area contributed by atoms with Gasteiger partial charge in [0.05, 0.1) is 25.6 Å². The number of rotatable bonds is 10. The predicted molar refractivity (Wildman–Crippen MR) is 131 cm³/mol. The molecule has 2 heterocycles. The first-order chi connectivity index (χ1) is 16.5. The SMILES string of the molecule is COc1ccc(CN2CCC[C@](O)(COc3ccc(C)cc3)CC2)cc1OCCn1ccnc1. The highest BCUT2D eigenvalue weighted by molar-refractivity contribution is 5.43. The summed E-state index contributed by atoms with van der Waals surface area (Å²) < 4.78 is 19.4. The van der Waals surface area contributed by atoms with E-state index in [0.717, 1.165) is 56.3 Å². The van der Waals surface area contributed by atoms with Crippen molar-refractivity contribution in [2.24, 2.45) is 0 Å². The molecular weight excluding hydrogens is 430 g/mol. The Morgan fingerprint density at radius 3 is 2.65 bits per heavy atom. The Hall–Kier alpha value is -3.03. The molecule has 0 spiro atoms. The van der Waals surface area contributed by atoms with Crippen LogP contribution in [-0.2, 0) is 13.1 Å². The predicted octanol–water partition coefficient (Wildman–Crippen LogP) is 4.08. The summed E-state index contributed by atoms with van der Waals surface area (Å²) in [6.45, 7) is 6.19. The first-order valence-corrected chi connectivity index (χ1v) is 11.9. The number of imidazole rings is 1. The van der Waals surface area contributed by atoms with Crippen molar-refractivity contribution in [1.82, 2.24) is 14.5 Å². The summed E-state index contributed by atoms with van der Waals surface area (Å²) in [7, 11) is 1.66. The van der Waals surface area contributed by atoms with E-state index in [1.807, 2.05) is 41.1 Å². The molecule has 34 heavy (non-hydrogen) atoms. The minimum atomic E-state index is -0.804. The molecule has 0 saturated carbocycles. The number of aromatic nitrogens is 2. The molecule has 1 aliphatic heterocycles. The highest BCUT2D eigenvalue weighted by atomic mass is 16.5. The minimum absolute atomic E-state index is 0.321. The van der Waals surface area contributed by atoms with Crippen molar-refractivity contribution in [3.05, 3.63) is 72.3 Å². The van der Waals surface area contributed by atoms with Gasteiger partial charge in [0.25, 0.3) is 0 Å². The summed E-state index contributed by atoms with van der Waals surface area (Å²) in [6, 6.07) is 14.1. The van der Waals surface area contributed by atoms with E-state index in [2.05, 4.69) is 28.9 Å². The van der Waals surface area contributed by atoms with Crippen molar-refractivity contribution < 1.29 is 19.3 Å². The van der Waals surface area contributed by atoms with Crippen LogP contribution in [-0.4, -0.2) is 58.6 Å². The fourth-order valence-electron chi connectivity index (χ4n) is 4.26. The molecule has 3 aromatic rings. The van der Waals surface area contributed by atoms with Gasteiger partial charge in [-0.15, -0.1) is 0 Å². The van der Waals surface area contributed by atoms with Crippen LogP contribution >= 0.6 is 0 Å².